The molecule has 2 heterocycles. The Morgan fingerprint density at radius 1 is 1.40 bits per heavy atom. The zero-order chi connectivity index (χ0) is 10.8. The summed E-state index contributed by atoms with van der Waals surface area (Å²) in [7, 11) is 0. The van der Waals surface area contributed by atoms with Crippen molar-refractivity contribution in [3.05, 3.63) is 16.6 Å². The third-order valence-electron chi connectivity index (χ3n) is 1.81. The number of rotatable bonds is 2. The number of hydrogen-bond donors (Lipinski definition) is 0. The number of thiazole rings is 1. The van der Waals surface area contributed by atoms with Gasteiger partial charge in [-0.25, -0.2) is 4.79 Å². The van der Waals surface area contributed by atoms with Gasteiger partial charge in [-0.2, -0.15) is 0 Å². The Kier molecular flexibility index (Phi) is 2.46. The van der Waals surface area contributed by atoms with Gasteiger partial charge in [-0.1, -0.05) is 0 Å². The first kappa shape index (κ1) is 9.78. The summed E-state index contributed by atoms with van der Waals surface area (Å²) in [5.74, 6) is -1.71. The van der Waals surface area contributed by atoms with E-state index in [1.54, 1.807) is 0 Å². The van der Waals surface area contributed by atoms with Gasteiger partial charge in [-0.15, -0.1) is 16.4 Å². The van der Waals surface area contributed by atoms with Gasteiger partial charge in [0.1, 0.15) is 4.88 Å². The fourth-order valence-electron chi connectivity index (χ4n) is 1.10. The van der Waals surface area contributed by atoms with Crippen molar-refractivity contribution in [1.29, 1.82) is 0 Å². The second-order valence-electron chi connectivity index (χ2n) is 2.83. The van der Waals surface area contributed by atoms with Gasteiger partial charge in [0.2, 0.25) is 0 Å². The normalized spacial score (nSPS) is 15.9. The quantitative estimate of drug-likeness (QED) is 0.680. The van der Waals surface area contributed by atoms with Gasteiger partial charge in [0.15, 0.2) is 0 Å². The molecule has 0 aliphatic carbocycles. The van der Waals surface area contributed by atoms with Crippen molar-refractivity contribution >= 4 is 29.1 Å². The van der Waals surface area contributed by atoms with Crippen molar-refractivity contribution in [2.24, 2.45) is 0 Å². The first-order valence-electron chi connectivity index (χ1n) is 4.15. The molecule has 1 saturated heterocycles. The minimum absolute atomic E-state index is 0.0921. The molecule has 1 aromatic heterocycles. The Bertz CT molecular complexity index is 398. The molecule has 0 radical (unpaired) electrons. The number of hydroxylamine groups is 2. The molecule has 15 heavy (non-hydrogen) atoms. The largest absolute Gasteiger partial charge is 0.375 e. The third-order valence-corrected chi connectivity index (χ3v) is 2.57. The van der Waals surface area contributed by atoms with Gasteiger partial charge in [0.05, 0.1) is 11.7 Å². The van der Waals surface area contributed by atoms with E-state index in [1.165, 1.54) is 11.7 Å². The van der Waals surface area contributed by atoms with Crippen LogP contribution < -0.4 is 0 Å². The molecule has 0 aromatic carbocycles. The molecule has 0 spiro atoms. The van der Waals surface area contributed by atoms with Crippen LogP contribution in [0, 0.1) is 0 Å². The van der Waals surface area contributed by atoms with Crippen LogP contribution in [0.2, 0.25) is 0 Å². The maximum absolute atomic E-state index is 11.4. The van der Waals surface area contributed by atoms with Gasteiger partial charge < -0.3 is 4.84 Å². The van der Waals surface area contributed by atoms with Gasteiger partial charge in [0, 0.05) is 12.8 Å². The molecule has 7 heteroatoms. The van der Waals surface area contributed by atoms with Crippen LogP contribution in [0.25, 0.3) is 0 Å². The van der Waals surface area contributed by atoms with E-state index in [4.69, 9.17) is 0 Å². The lowest BCUT2D eigenvalue weighted by Crippen LogP contribution is -2.31. The molecule has 1 aliphatic heterocycles. The fourth-order valence-corrected chi connectivity index (χ4v) is 1.59. The minimum Gasteiger partial charge on any atom is -0.324 e. The van der Waals surface area contributed by atoms with E-state index in [-0.39, 0.29) is 17.7 Å². The summed E-state index contributed by atoms with van der Waals surface area (Å²) in [6.07, 6.45) is 1.50. The molecule has 1 aromatic rings. The van der Waals surface area contributed by atoms with Crippen LogP contribution in [0.1, 0.15) is 22.5 Å². The summed E-state index contributed by atoms with van der Waals surface area (Å²) < 4.78 is 0. The highest BCUT2D eigenvalue weighted by Gasteiger charge is 2.33. The molecule has 1 fully saturated rings. The molecule has 0 bridgehead atoms. The maximum Gasteiger partial charge on any atom is 0.375 e. The van der Waals surface area contributed by atoms with E-state index in [1.807, 2.05) is 0 Å². The topological polar surface area (TPSA) is 76.6 Å². The Morgan fingerprint density at radius 2 is 2.07 bits per heavy atom. The number of hydrogen-bond acceptors (Lipinski definition) is 6. The van der Waals surface area contributed by atoms with E-state index in [2.05, 4.69) is 9.82 Å². The van der Waals surface area contributed by atoms with Crippen LogP contribution >= 0.6 is 11.3 Å². The molecule has 2 rings (SSSR count). The van der Waals surface area contributed by atoms with Crippen molar-refractivity contribution in [1.82, 2.24) is 10.0 Å². The molecule has 0 saturated carbocycles. The van der Waals surface area contributed by atoms with Gasteiger partial charge in [0.25, 0.3) is 11.8 Å². The Morgan fingerprint density at radius 3 is 2.60 bits per heavy atom. The van der Waals surface area contributed by atoms with Crippen LogP contribution in [0.15, 0.2) is 11.7 Å². The molecular formula is C8H6N2O4S. The summed E-state index contributed by atoms with van der Waals surface area (Å²) in [5, 5.41) is 0.516. The maximum atomic E-state index is 11.4. The highest BCUT2D eigenvalue weighted by Crippen LogP contribution is 2.15. The predicted molar refractivity (Wildman–Crippen MR) is 48.6 cm³/mol. The second-order valence-corrected chi connectivity index (χ2v) is 3.71. The zero-order valence-electron chi connectivity index (χ0n) is 7.50. The second kappa shape index (κ2) is 3.77. The lowest BCUT2D eigenvalue weighted by Gasteiger charge is -2.10. The molecule has 0 N–H and O–H groups in total. The molecule has 2 amide bonds. The van der Waals surface area contributed by atoms with Gasteiger partial charge in [-0.3, -0.25) is 14.6 Å². The number of nitrogens with zero attached hydrogens (tertiary/aromatic N) is 2. The summed E-state index contributed by atoms with van der Waals surface area (Å²) in [6, 6.07) is 0. The molecule has 78 valence electrons. The van der Waals surface area contributed by atoms with Crippen LogP contribution in [-0.4, -0.2) is 27.8 Å². The monoisotopic (exact) mass is 226 g/mol. The fraction of sp³-hybridized carbons (Fsp3) is 0.250. The van der Waals surface area contributed by atoms with Crippen molar-refractivity contribution in [3.63, 3.8) is 0 Å². The number of carbonyl (C=O) groups is 3. The van der Waals surface area contributed by atoms with E-state index in [9.17, 15) is 14.4 Å². The predicted octanol–water partition coefficient (Wildman–Crippen LogP) is 0.364. The van der Waals surface area contributed by atoms with Crippen LogP contribution in [-0.2, 0) is 14.4 Å². The first-order valence-corrected chi connectivity index (χ1v) is 5.03. The lowest BCUT2D eigenvalue weighted by atomic mass is 10.4. The highest BCUT2D eigenvalue weighted by molar-refractivity contribution is 7.11. The first-order chi connectivity index (χ1) is 7.18. The SMILES string of the molecule is O=C(ON1C(=O)CCC1=O)c1cncs1. The van der Waals surface area contributed by atoms with E-state index in [0.29, 0.717) is 5.06 Å². The highest BCUT2D eigenvalue weighted by atomic mass is 32.1. The molecule has 1 aliphatic rings. The van der Waals surface area contributed by atoms with Gasteiger partial charge >= 0.3 is 5.97 Å². The van der Waals surface area contributed by atoms with Crippen molar-refractivity contribution in [3.8, 4) is 0 Å². The zero-order valence-corrected chi connectivity index (χ0v) is 8.32. The number of amides is 2. The smallest absolute Gasteiger partial charge is 0.324 e. The van der Waals surface area contributed by atoms with Crippen molar-refractivity contribution in [2.75, 3.05) is 0 Å². The number of carbonyl (C=O) groups excluding carboxylic acids is 3. The van der Waals surface area contributed by atoms with Crippen LogP contribution in [0.3, 0.4) is 0 Å². The summed E-state index contributed by atoms with van der Waals surface area (Å²) in [4.78, 5) is 42.1. The van der Waals surface area contributed by atoms with E-state index < -0.39 is 17.8 Å². The Balaban J connectivity index is 2.06. The average molecular weight is 226 g/mol. The molecule has 6 nitrogen and oxygen atoms in total. The Labute approximate surface area is 88.4 Å². The van der Waals surface area contributed by atoms with Crippen molar-refractivity contribution < 1.29 is 19.2 Å². The summed E-state index contributed by atoms with van der Waals surface area (Å²) >= 11 is 1.08. The van der Waals surface area contributed by atoms with Crippen LogP contribution in [0.5, 0.6) is 0 Å². The summed E-state index contributed by atoms with van der Waals surface area (Å²) in [6.45, 7) is 0. The number of imide groups is 1. The molecule has 0 atom stereocenters. The number of aromatic nitrogens is 1. The third kappa shape index (κ3) is 1.86. The Hall–Kier alpha value is -1.76. The standard InChI is InChI=1S/C8H6N2O4S/c11-6-1-2-7(12)10(6)14-8(13)5-3-9-4-15-5/h3-4H,1-2H2. The molecular weight excluding hydrogens is 220 g/mol. The van der Waals surface area contributed by atoms with Gasteiger partial charge in [-0.05, 0) is 0 Å². The van der Waals surface area contributed by atoms with E-state index >= 15 is 0 Å². The summed E-state index contributed by atoms with van der Waals surface area (Å²) in [5.41, 5.74) is 1.46. The van der Waals surface area contributed by atoms with E-state index in [0.717, 1.165) is 11.3 Å². The lowest BCUT2D eigenvalue weighted by molar-refractivity contribution is -0.172. The van der Waals surface area contributed by atoms with Crippen LogP contribution in [0.4, 0.5) is 0 Å². The average Bonchev–Trinajstić information content (AvgIpc) is 2.82. The minimum atomic E-state index is -0.735. The van der Waals surface area contributed by atoms with Crippen molar-refractivity contribution in [2.45, 2.75) is 12.8 Å². The molecule has 0 unspecified atom stereocenters.